The summed E-state index contributed by atoms with van der Waals surface area (Å²) in [7, 11) is -3.44. The highest BCUT2D eigenvalue weighted by molar-refractivity contribution is 7.90. The molecule has 9 nitrogen and oxygen atoms in total. The van der Waals surface area contributed by atoms with Crippen molar-refractivity contribution in [1.82, 2.24) is 9.97 Å². The zero-order chi connectivity index (χ0) is 26.7. The number of aliphatic hydroxyl groups excluding tert-OH is 1. The van der Waals surface area contributed by atoms with Gasteiger partial charge in [-0.3, -0.25) is 4.79 Å². The van der Waals surface area contributed by atoms with E-state index < -0.39 is 15.7 Å². The summed E-state index contributed by atoms with van der Waals surface area (Å²) < 4.78 is 37.4. The van der Waals surface area contributed by atoms with Crippen LogP contribution in [0.15, 0.2) is 53.4 Å². The number of nitrogens with one attached hydrogen (secondary N) is 1. The van der Waals surface area contributed by atoms with Crippen LogP contribution < -0.4 is 16.0 Å². The number of aliphatic hydroxyl groups is 1. The Balaban J connectivity index is 1.68. The van der Waals surface area contributed by atoms with Crippen LogP contribution in [0.5, 0.6) is 0 Å². The lowest BCUT2D eigenvalue weighted by Gasteiger charge is -2.39. The average Bonchev–Trinajstić information content (AvgIpc) is 2.88. The first-order chi connectivity index (χ1) is 17.6. The quantitative estimate of drug-likeness (QED) is 0.406. The second-order valence-corrected chi connectivity index (χ2v) is 11.2. The van der Waals surface area contributed by atoms with Gasteiger partial charge in [0.15, 0.2) is 27.2 Å². The highest BCUT2D eigenvalue weighted by atomic mass is 32.2. The number of piperidine rings is 1. The molecule has 0 spiro atoms. The molecule has 0 radical (unpaired) electrons. The maximum absolute atomic E-state index is 13.4. The van der Waals surface area contributed by atoms with Gasteiger partial charge < -0.3 is 21.1 Å². The van der Waals surface area contributed by atoms with Gasteiger partial charge in [-0.25, -0.2) is 22.8 Å². The van der Waals surface area contributed by atoms with Crippen LogP contribution in [0.1, 0.15) is 41.0 Å². The predicted octanol–water partition coefficient (Wildman–Crippen LogP) is 3.03. The molecule has 0 unspecified atom stereocenters. The van der Waals surface area contributed by atoms with Crippen molar-refractivity contribution in [2.75, 3.05) is 36.2 Å². The molecule has 11 heteroatoms. The van der Waals surface area contributed by atoms with E-state index in [-0.39, 0.29) is 40.7 Å². The van der Waals surface area contributed by atoms with Gasteiger partial charge in [0.1, 0.15) is 5.82 Å². The molecular weight excluding hydrogens is 497 g/mol. The van der Waals surface area contributed by atoms with Crippen molar-refractivity contribution in [2.24, 2.45) is 11.7 Å². The van der Waals surface area contributed by atoms with Gasteiger partial charge in [0.25, 0.3) is 5.91 Å². The van der Waals surface area contributed by atoms with Crippen LogP contribution in [-0.2, 0) is 16.3 Å². The number of nitrogens with zero attached hydrogens (tertiary/aromatic N) is 3. The lowest BCUT2D eigenvalue weighted by atomic mass is 9.81. The Labute approximate surface area is 215 Å². The summed E-state index contributed by atoms with van der Waals surface area (Å²) in [4.78, 5) is 23.6. The van der Waals surface area contributed by atoms with Gasteiger partial charge in [-0.15, -0.1) is 0 Å². The maximum Gasteiger partial charge on any atom is 0.271 e. The van der Waals surface area contributed by atoms with Crippen molar-refractivity contribution in [3.63, 3.8) is 0 Å². The van der Waals surface area contributed by atoms with Crippen molar-refractivity contribution in [3.05, 3.63) is 71.3 Å². The molecule has 0 saturated carbocycles. The molecule has 196 valence electrons. The molecule has 1 aliphatic rings. The lowest BCUT2D eigenvalue weighted by Crippen LogP contribution is -2.42. The van der Waals surface area contributed by atoms with Gasteiger partial charge >= 0.3 is 0 Å². The fourth-order valence-electron chi connectivity index (χ4n) is 4.71. The third kappa shape index (κ3) is 5.89. The number of benzene rings is 2. The summed E-state index contributed by atoms with van der Waals surface area (Å²) in [5, 5.41) is 13.2. The topological polar surface area (TPSA) is 139 Å². The molecule has 1 aromatic heterocycles. The van der Waals surface area contributed by atoms with Gasteiger partial charge in [-0.05, 0) is 54.7 Å². The standard InChI is InChI=1S/C26H30FN5O4S/c1-3-22-26(32-12-11-21(17(14-32)15-33)16-7-9-18(27)10-8-16)31-25(23(30-22)24(28)34)29-19-5-4-6-20(13-19)37(2,35)36/h4-10,13,17,21,33H,3,11-12,14-15H2,1-2H3,(H2,28,34)(H,29,31)/t17-,21+/m0/s1. The fourth-order valence-corrected chi connectivity index (χ4v) is 5.38. The number of hydrogen-bond acceptors (Lipinski definition) is 8. The van der Waals surface area contributed by atoms with Gasteiger partial charge in [-0.1, -0.05) is 25.1 Å². The molecule has 2 aromatic carbocycles. The van der Waals surface area contributed by atoms with Crippen LogP contribution in [-0.4, -0.2) is 55.4 Å². The van der Waals surface area contributed by atoms with Crippen molar-refractivity contribution < 1.29 is 22.7 Å². The van der Waals surface area contributed by atoms with Crippen LogP contribution >= 0.6 is 0 Å². The monoisotopic (exact) mass is 527 g/mol. The number of nitrogens with two attached hydrogens (primary N) is 1. The second-order valence-electron chi connectivity index (χ2n) is 9.17. The van der Waals surface area contributed by atoms with E-state index in [1.54, 1.807) is 24.3 Å². The third-order valence-corrected chi connectivity index (χ3v) is 7.72. The van der Waals surface area contributed by atoms with Gasteiger partial charge in [0.05, 0.1) is 10.6 Å². The molecule has 4 N–H and O–H groups in total. The third-order valence-electron chi connectivity index (χ3n) is 6.61. The molecule has 1 aliphatic heterocycles. The molecule has 1 amide bonds. The number of rotatable bonds is 8. The second kappa shape index (κ2) is 10.8. The minimum Gasteiger partial charge on any atom is -0.396 e. The molecule has 2 heterocycles. The van der Waals surface area contributed by atoms with Crippen LogP contribution in [0.25, 0.3) is 0 Å². The molecule has 0 aliphatic carbocycles. The van der Waals surface area contributed by atoms with Crippen LogP contribution in [0, 0.1) is 11.7 Å². The largest absolute Gasteiger partial charge is 0.396 e. The molecular formula is C26H30FN5O4S. The lowest BCUT2D eigenvalue weighted by molar-refractivity contribution is 0.0996. The normalized spacial score (nSPS) is 18.0. The van der Waals surface area contributed by atoms with Crippen LogP contribution in [0.3, 0.4) is 0 Å². The summed E-state index contributed by atoms with van der Waals surface area (Å²) in [6.07, 6.45) is 2.31. The number of carbonyl (C=O) groups is 1. The maximum atomic E-state index is 13.4. The average molecular weight is 528 g/mol. The molecule has 0 bridgehead atoms. The van der Waals surface area contributed by atoms with E-state index in [0.29, 0.717) is 43.1 Å². The highest BCUT2D eigenvalue weighted by Gasteiger charge is 2.32. The van der Waals surface area contributed by atoms with Gasteiger partial charge in [0, 0.05) is 37.6 Å². The Kier molecular flexibility index (Phi) is 7.74. The summed E-state index contributed by atoms with van der Waals surface area (Å²) in [6, 6.07) is 12.5. The number of carbonyl (C=O) groups excluding carboxylic acids is 1. The molecule has 1 fully saturated rings. The van der Waals surface area contributed by atoms with Crippen molar-refractivity contribution in [2.45, 2.75) is 30.6 Å². The highest BCUT2D eigenvalue weighted by Crippen LogP contribution is 2.36. The molecule has 3 aromatic rings. The van der Waals surface area contributed by atoms with Gasteiger partial charge in [0.2, 0.25) is 0 Å². The number of halogens is 1. The first-order valence-electron chi connectivity index (χ1n) is 12.0. The Morgan fingerprint density at radius 3 is 2.57 bits per heavy atom. The van der Waals surface area contributed by atoms with E-state index in [0.717, 1.165) is 11.8 Å². The summed E-state index contributed by atoms with van der Waals surface area (Å²) in [5.41, 5.74) is 7.53. The zero-order valence-corrected chi connectivity index (χ0v) is 21.5. The fraction of sp³-hybridized carbons (Fsp3) is 0.346. The number of aromatic nitrogens is 2. The Morgan fingerprint density at radius 2 is 1.95 bits per heavy atom. The summed E-state index contributed by atoms with van der Waals surface area (Å²) in [6.45, 7) is 2.93. The van der Waals surface area contributed by atoms with Gasteiger partial charge in [-0.2, -0.15) is 0 Å². The van der Waals surface area contributed by atoms with E-state index in [4.69, 9.17) is 10.7 Å². The molecule has 2 atom stereocenters. The number of amides is 1. The summed E-state index contributed by atoms with van der Waals surface area (Å²) >= 11 is 0. The van der Waals surface area contributed by atoms with E-state index in [9.17, 15) is 22.7 Å². The van der Waals surface area contributed by atoms with E-state index in [1.165, 1.54) is 24.3 Å². The number of primary amides is 1. The Hall–Kier alpha value is -3.57. The summed E-state index contributed by atoms with van der Waals surface area (Å²) in [5.74, 6) is -0.456. The Morgan fingerprint density at radius 1 is 1.22 bits per heavy atom. The number of sulfone groups is 1. The van der Waals surface area contributed by atoms with Crippen LogP contribution in [0.4, 0.5) is 21.7 Å². The minimum atomic E-state index is -3.44. The van der Waals surface area contributed by atoms with E-state index >= 15 is 0 Å². The van der Waals surface area contributed by atoms with E-state index in [1.807, 2.05) is 11.8 Å². The minimum absolute atomic E-state index is 0.0507. The molecule has 37 heavy (non-hydrogen) atoms. The Bertz CT molecular complexity index is 1400. The number of anilines is 3. The van der Waals surface area contributed by atoms with Crippen molar-refractivity contribution in [1.29, 1.82) is 0 Å². The van der Waals surface area contributed by atoms with Crippen molar-refractivity contribution >= 4 is 33.1 Å². The van der Waals surface area contributed by atoms with Crippen molar-refractivity contribution in [3.8, 4) is 0 Å². The predicted molar refractivity (Wildman–Crippen MR) is 139 cm³/mol. The number of hydrogen-bond donors (Lipinski definition) is 3. The smallest absolute Gasteiger partial charge is 0.271 e. The van der Waals surface area contributed by atoms with Crippen LogP contribution in [0.2, 0.25) is 0 Å². The SMILES string of the molecule is CCc1nc(C(N)=O)c(Nc2cccc(S(C)(=O)=O)c2)nc1N1CC[C@H](c2ccc(F)cc2)[C@H](CO)C1. The molecule has 1 saturated heterocycles. The number of aryl methyl sites for hydroxylation is 1. The zero-order valence-electron chi connectivity index (χ0n) is 20.7. The first-order valence-corrected chi connectivity index (χ1v) is 13.9. The first kappa shape index (κ1) is 26.5. The molecule has 4 rings (SSSR count). The van der Waals surface area contributed by atoms with E-state index in [2.05, 4.69) is 10.3 Å².